The molecule has 0 aromatic carbocycles. The summed E-state index contributed by atoms with van der Waals surface area (Å²) in [6.07, 6.45) is 5.75. The Morgan fingerprint density at radius 1 is 1.14 bits per heavy atom. The normalized spacial score (nSPS) is 29.6. The van der Waals surface area contributed by atoms with Crippen LogP contribution in [0, 0.1) is 5.41 Å². The Bertz CT molecular complexity index is 188. The molecule has 14 heavy (non-hydrogen) atoms. The molecular formula is C11H21IN2. The molecule has 0 amide bonds. The number of likely N-dealkylation sites (tertiary alicyclic amines) is 1. The molecule has 0 saturated carbocycles. The van der Waals surface area contributed by atoms with Gasteiger partial charge in [0, 0.05) is 36.0 Å². The van der Waals surface area contributed by atoms with Gasteiger partial charge in [0.15, 0.2) is 0 Å². The summed E-state index contributed by atoms with van der Waals surface area (Å²) >= 11 is 2.50. The highest BCUT2D eigenvalue weighted by molar-refractivity contribution is 14.1. The lowest BCUT2D eigenvalue weighted by Crippen LogP contribution is -2.47. The Balaban J connectivity index is 1.91. The van der Waals surface area contributed by atoms with Crippen LogP contribution < -0.4 is 0 Å². The van der Waals surface area contributed by atoms with Gasteiger partial charge >= 0.3 is 0 Å². The van der Waals surface area contributed by atoms with Gasteiger partial charge in [-0.15, -0.1) is 0 Å². The van der Waals surface area contributed by atoms with Gasteiger partial charge in [0.1, 0.15) is 0 Å². The van der Waals surface area contributed by atoms with Crippen molar-refractivity contribution < 1.29 is 0 Å². The van der Waals surface area contributed by atoms with Crippen LogP contribution in [0.4, 0.5) is 0 Å². The van der Waals surface area contributed by atoms with E-state index in [1.165, 1.54) is 58.4 Å². The van der Waals surface area contributed by atoms with Crippen molar-refractivity contribution in [2.24, 2.45) is 5.41 Å². The van der Waals surface area contributed by atoms with Crippen LogP contribution in [-0.4, -0.2) is 40.7 Å². The summed E-state index contributed by atoms with van der Waals surface area (Å²) < 4.78 is 2.50. The summed E-state index contributed by atoms with van der Waals surface area (Å²) in [6.45, 7) is 8.83. The lowest BCUT2D eigenvalue weighted by atomic mass is 9.73. The number of rotatable bonds is 1. The van der Waals surface area contributed by atoms with Crippen molar-refractivity contribution >= 4 is 22.9 Å². The molecule has 0 N–H and O–H groups in total. The summed E-state index contributed by atoms with van der Waals surface area (Å²) in [5.74, 6) is 0. The number of nitrogens with zero attached hydrogens (tertiary/aromatic N) is 2. The van der Waals surface area contributed by atoms with E-state index in [2.05, 4.69) is 37.8 Å². The number of hydrogen-bond donors (Lipinski definition) is 0. The quantitative estimate of drug-likeness (QED) is 0.542. The summed E-state index contributed by atoms with van der Waals surface area (Å²) in [4.78, 5) is 2.59. The van der Waals surface area contributed by atoms with E-state index in [9.17, 15) is 0 Å². The smallest absolute Gasteiger partial charge is 0.0201 e. The van der Waals surface area contributed by atoms with Crippen LogP contribution in [0.15, 0.2) is 0 Å². The van der Waals surface area contributed by atoms with Crippen molar-refractivity contribution in [2.45, 2.75) is 32.6 Å². The molecule has 3 heteroatoms. The van der Waals surface area contributed by atoms with E-state index >= 15 is 0 Å². The minimum Gasteiger partial charge on any atom is -0.304 e. The van der Waals surface area contributed by atoms with Crippen LogP contribution in [0.2, 0.25) is 0 Å². The number of hydrogen-bond acceptors (Lipinski definition) is 2. The molecule has 1 spiro atoms. The minimum atomic E-state index is 0.686. The third kappa shape index (κ3) is 2.42. The Kier molecular flexibility index (Phi) is 3.71. The average molecular weight is 308 g/mol. The molecule has 0 aromatic rings. The van der Waals surface area contributed by atoms with Gasteiger partial charge in [-0.1, -0.05) is 6.92 Å². The monoisotopic (exact) mass is 308 g/mol. The van der Waals surface area contributed by atoms with E-state index in [0.29, 0.717) is 5.41 Å². The van der Waals surface area contributed by atoms with Crippen LogP contribution in [0.1, 0.15) is 32.6 Å². The molecule has 2 saturated heterocycles. The molecule has 0 aromatic heterocycles. The molecule has 0 unspecified atom stereocenters. The molecule has 2 nitrogen and oxygen atoms in total. The predicted octanol–water partition coefficient (Wildman–Crippen LogP) is 2.53. The van der Waals surface area contributed by atoms with Crippen LogP contribution in [-0.2, 0) is 0 Å². The molecule has 2 heterocycles. The van der Waals surface area contributed by atoms with Crippen LogP contribution >= 0.6 is 22.9 Å². The van der Waals surface area contributed by atoms with Crippen LogP contribution in [0.25, 0.3) is 0 Å². The molecule has 0 aliphatic carbocycles. The van der Waals surface area contributed by atoms with Gasteiger partial charge in [-0.3, -0.25) is 0 Å². The van der Waals surface area contributed by atoms with Crippen molar-refractivity contribution in [3.05, 3.63) is 0 Å². The van der Waals surface area contributed by atoms with E-state index in [1.807, 2.05) is 0 Å². The van der Waals surface area contributed by atoms with Gasteiger partial charge in [-0.2, -0.15) is 0 Å². The molecule has 2 aliphatic heterocycles. The fourth-order valence-electron chi connectivity index (χ4n) is 2.90. The topological polar surface area (TPSA) is 6.48 Å². The van der Waals surface area contributed by atoms with Gasteiger partial charge in [0.05, 0.1) is 0 Å². The average Bonchev–Trinajstić information content (AvgIpc) is 2.19. The van der Waals surface area contributed by atoms with Crippen molar-refractivity contribution in [1.29, 1.82) is 0 Å². The summed E-state index contributed by atoms with van der Waals surface area (Å²) in [5, 5.41) is 0. The molecule has 0 radical (unpaired) electrons. The molecule has 0 bridgehead atoms. The molecule has 2 rings (SSSR count). The lowest BCUT2D eigenvalue weighted by molar-refractivity contribution is 0.0631. The van der Waals surface area contributed by atoms with Crippen molar-refractivity contribution in [1.82, 2.24) is 8.01 Å². The van der Waals surface area contributed by atoms with E-state index < -0.39 is 0 Å². The predicted molar refractivity (Wildman–Crippen MR) is 68.6 cm³/mol. The Hall–Kier alpha value is 0.650. The van der Waals surface area contributed by atoms with Crippen molar-refractivity contribution in [3.63, 3.8) is 0 Å². The lowest BCUT2D eigenvalue weighted by Gasteiger charge is -2.46. The van der Waals surface area contributed by atoms with E-state index in [0.717, 1.165) is 0 Å². The number of halogens is 1. The summed E-state index contributed by atoms with van der Waals surface area (Å²) in [6, 6.07) is 0. The molecule has 2 fully saturated rings. The summed E-state index contributed by atoms with van der Waals surface area (Å²) in [7, 11) is 0. The fraction of sp³-hybridized carbons (Fsp3) is 1.00. The van der Waals surface area contributed by atoms with E-state index in [-0.39, 0.29) is 0 Å². The van der Waals surface area contributed by atoms with E-state index in [1.54, 1.807) is 0 Å². The minimum absolute atomic E-state index is 0.686. The highest BCUT2D eigenvalue weighted by Crippen LogP contribution is 2.40. The molecule has 0 atom stereocenters. The maximum atomic E-state index is 2.59. The third-order valence-corrected chi connectivity index (χ3v) is 4.80. The standard InChI is InChI=1S/C11H21IN2/c1-2-13-8-5-11(6-9-13)4-3-7-14(12)10-11/h2-10H2,1H3. The van der Waals surface area contributed by atoms with Gasteiger partial charge < -0.3 is 4.90 Å². The fourth-order valence-corrected chi connectivity index (χ4v) is 3.96. The highest BCUT2D eigenvalue weighted by atomic mass is 127. The first-order chi connectivity index (χ1) is 6.74. The third-order valence-electron chi connectivity index (χ3n) is 3.98. The van der Waals surface area contributed by atoms with Gasteiger partial charge in [0.25, 0.3) is 0 Å². The SMILES string of the molecule is CCN1CCC2(CCCN(I)C2)CC1. The maximum Gasteiger partial charge on any atom is 0.0201 e. The van der Waals surface area contributed by atoms with Crippen LogP contribution in [0.5, 0.6) is 0 Å². The molecule has 2 aliphatic rings. The van der Waals surface area contributed by atoms with Gasteiger partial charge in [0.2, 0.25) is 0 Å². The second-order valence-electron chi connectivity index (χ2n) is 4.88. The molecule has 82 valence electrons. The summed E-state index contributed by atoms with van der Waals surface area (Å²) in [5.41, 5.74) is 0.686. The van der Waals surface area contributed by atoms with Crippen LogP contribution in [0.3, 0.4) is 0 Å². The second kappa shape index (κ2) is 4.66. The van der Waals surface area contributed by atoms with Crippen molar-refractivity contribution in [2.75, 3.05) is 32.7 Å². The zero-order valence-corrected chi connectivity index (χ0v) is 11.3. The second-order valence-corrected chi connectivity index (χ2v) is 6.25. The maximum absolute atomic E-state index is 2.59. The highest BCUT2D eigenvalue weighted by Gasteiger charge is 2.37. The Labute approximate surface area is 102 Å². The van der Waals surface area contributed by atoms with Crippen molar-refractivity contribution in [3.8, 4) is 0 Å². The van der Waals surface area contributed by atoms with Gasteiger partial charge in [-0.05, 0) is 50.7 Å². The Morgan fingerprint density at radius 2 is 1.86 bits per heavy atom. The zero-order chi connectivity index (χ0) is 10.0. The first-order valence-corrected chi connectivity index (χ1v) is 6.84. The Morgan fingerprint density at radius 3 is 2.43 bits per heavy atom. The molecular weight excluding hydrogens is 287 g/mol. The van der Waals surface area contributed by atoms with E-state index in [4.69, 9.17) is 0 Å². The largest absolute Gasteiger partial charge is 0.304 e. The first kappa shape index (κ1) is 11.1. The number of piperidine rings is 2. The zero-order valence-electron chi connectivity index (χ0n) is 9.14. The first-order valence-electron chi connectivity index (χ1n) is 5.87. The van der Waals surface area contributed by atoms with Gasteiger partial charge in [-0.25, -0.2) is 3.11 Å².